The van der Waals surface area contributed by atoms with Crippen molar-refractivity contribution in [3.8, 4) is 0 Å². The first-order valence-electron chi connectivity index (χ1n) is 9.80. The van der Waals surface area contributed by atoms with Crippen LogP contribution in [0.15, 0.2) is 53.4 Å². The highest BCUT2D eigenvalue weighted by Crippen LogP contribution is 2.24. The minimum Gasteiger partial charge on any atom is -0.352 e. The quantitative estimate of drug-likeness (QED) is 0.678. The zero-order chi connectivity index (χ0) is 21.6. The number of anilines is 1. The molecule has 0 atom stereocenters. The Hall–Kier alpha value is -2.58. The van der Waals surface area contributed by atoms with E-state index >= 15 is 0 Å². The van der Waals surface area contributed by atoms with Gasteiger partial charge in [0.2, 0.25) is 5.91 Å². The van der Waals surface area contributed by atoms with Gasteiger partial charge in [-0.05, 0) is 49.6 Å². The Kier molecular flexibility index (Phi) is 7.33. The molecule has 0 bridgehead atoms. The molecule has 7 nitrogen and oxygen atoms in total. The summed E-state index contributed by atoms with van der Waals surface area (Å²) < 4.78 is 27.7. The average molecular weight is 450 g/mol. The largest absolute Gasteiger partial charge is 0.352 e. The van der Waals surface area contributed by atoms with Crippen LogP contribution in [0.2, 0.25) is 5.02 Å². The summed E-state index contributed by atoms with van der Waals surface area (Å²) in [4.78, 5) is 26.4. The average Bonchev–Trinajstić information content (AvgIpc) is 2.76. The number of para-hydroxylation sites is 1. The minimum absolute atomic E-state index is 0.0234. The summed E-state index contributed by atoms with van der Waals surface area (Å²) in [6, 6.07) is 12.2. The van der Waals surface area contributed by atoms with Gasteiger partial charge in [-0.2, -0.15) is 0 Å². The summed E-state index contributed by atoms with van der Waals surface area (Å²) in [6.07, 6.45) is 3.39. The third-order valence-corrected chi connectivity index (χ3v) is 6.55. The summed E-state index contributed by atoms with van der Waals surface area (Å²) in [5, 5.41) is 2.96. The summed E-state index contributed by atoms with van der Waals surface area (Å²) in [5.41, 5.74) is 0.452. The number of carbonyl (C=O) groups is 2. The third-order valence-electron chi connectivity index (χ3n) is 4.86. The number of hydrogen-bond donors (Lipinski definition) is 2. The van der Waals surface area contributed by atoms with Crippen molar-refractivity contribution in [1.29, 1.82) is 0 Å². The summed E-state index contributed by atoms with van der Waals surface area (Å²) >= 11 is 6.02. The van der Waals surface area contributed by atoms with Crippen molar-refractivity contribution >= 4 is 39.1 Å². The maximum Gasteiger partial charge on any atom is 0.261 e. The molecule has 1 fully saturated rings. The van der Waals surface area contributed by atoms with Crippen molar-refractivity contribution in [2.24, 2.45) is 0 Å². The van der Waals surface area contributed by atoms with Gasteiger partial charge in [0, 0.05) is 31.6 Å². The molecule has 2 aromatic carbocycles. The molecular weight excluding hydrogens is 426 g/mol. The number of benzene rings is 2. The third kappa shape index (κ3) is 5.73. The lowest BCUT2D eigenvalue weighted by molar-refractivity contribution is -0.131. The zero-order valence-electron chi connectivity index (χ0n) is 16.4. The predicted octanol–water partition coefficient (Wildman–Crippen LogP) is 3.27. The summed E-state index contributed by atoms with van der Waals surface area (Å²) in [7, 11) is -3.92. The lowest BCUT2D eigenvalue weighted by Crippen LogP contribution is -2.37. The normalized spacial score (nSPS) is 14.2. The van der Waals surface area contributed by atoms with Crippen LogP contribution in [0.5, 0.6) is 0 Å². The number of nitrogens with zero attached hydrogens (tertiary/aromatic N) is 1. The molecule has 1 saturated heterocycles. The van der Waals surface area contributed by atoms with Gasteiger partial charge in [0.05, 0.1) is 15.6 Å². The molecule has 2 amide bonds. The predicted molar refractivity (Wildman–Crippen MR) is 116 cm³/mol. The topological polar surface area (TPSA) is 95.6 Å². The number of amides is 2. The number of hydrogen-bond acceptors (Lipinski definition) is 4. The second kappa shape index (κ2) is 9.95. The van der Waals surface area contributed by atoms with Gasteiger partial charge in [-0.1, -0.05) is 29.8 Å². The molecule has 0 aromatic heterocycles. The number of rotatable bonds is 7. The molecule has 9 heteroatoms. The van der Waals surface area contributed by atoms with Crippen molar-refractivity contribution in [3.05, 3.63) is 59.1 Å². The number of likely N-dealkylation sites (tertiary alicyclic amines) is 1. The summed E-state index contributed by atoms with van der Waals surface area (Å²) in [6.45, 7) is 1.74. The van der Waals surface area contributed by atoms with Crippen molar-refractivity contribution < 1.29 is 18.0 Å². The second-order valence-corrected chi connectivity index (χ2v) is 9.15. The molecule has 1 heterocycles. The van der Waals surface area contributed by atoms with Gasteiger partial charge >= 0.3 is 0 Å². The van der Waals surface area contributed by atoms with Gasteiger partial charge in [-0.15, -0.1) is 0 Å². The van der Waals surface area contributed by atoms with Gasteiger partial charge in [-0.3, -0.25) is 14.3 Å². The van der Waals surface area contributed by atoms with E-state index in [1.54, 1.807) is 24.3 Å². The van der Waals surface area contributed by atoms with Crippen LogP contribution in [-0.4, -0.2) is 44.8 Å². The van der Waals surface area contributed by atoms with Crippen LogP contribution >= 0.6 is 11.6 Å². The fourth-order valence-corrected chi connectivity index (χ4v) is 4.60. The van der Waals surface area contributed by atoms with E-state index in [1.165, 1.54) is 24.3 Å². The Morgan fingerprint density at radius 2 is 1.73 bits per heavy atom. The molecule has 3 rings (SSSR count). The van der Waals surface area contributed by atoms with Gasteiger partial charge in [0.15, 0.2) is 0 Å². The van der Waals surface area contributed by atoms with Gasteiger partial charge in [-0.25, -0.2) is 8.42 Å². The van der Waals surface area contributed by atoms with Gasteiger partial charge in [0.25, 0.3) is 15.9 Å². The van der Waals surface area contributed by atoms with Crippen LogP contribution in [0.1, 0.15) is 36.0 Å². The molecule has 2 N–H and O–H groups in total. The Balaban J connectivity index is 1.60. The van der Waals surface area contributed by atoms with E-state index < -0.39 is 15.9 Å². The van der Waals surface area contributed by atoms with Crippen LogP contribution in [0.4, 0.5) is 5.69 Å². The van der Waals surface area contributed by atoms with E-state index in [-0.39, 0.29) is 40.0 Å². The molecule has 1 aliphatic heterocycles. The SMILES string of the molecule is O=C(NCCC(=O)N1CCCCC1)c1cccc(S(=O)(=O)Nc2ccccc2Cl)c1. The maximum absolute atomic E-state index is 12.7. The second-order valence-electron chi connectivity index (χ2n) is 7.06. The Morgan fingerprint density at radius 3 is 2.47 bits per heavy atom. The van der Waals surface area contributed by atoms with E-state index in [1.807, 2.05) is 4.90 Å². The zero-order valence-corrected chi connectivity index (χ0v) is 18.0. The molecular formula is C21H24ClN3O4S. The van der Waals surface area contributed by atoms with Crippen LogP contribution < -0.4 is 10.0 Å². The number of halogens is 1. The first kappa shape index (κ1) is 22.1. The van der Waals surface area contributed by atoms with E-state index in [0.29, 0.717) is 0 Å². The summed E-state index contributed by atoms with van der Waals surface area (Å²) in [5.74, 6) is -0.411. The van der Waals surface area contributed by atoms with Crippen LogP contribution in [0.25, 0.3) is 0 Å². The molecule has 0 aliphatic carbocycles. The van der Waals surface area contributed by atoms with Crippen molar-refractivity contribution in [1.82, 2.24) is 10.2 Å². The molecule has 30 heavy (non-hydrogen) atoms. The van der Waals surface area contributed by atoms with E-state index in [4.69, 9.17) is 11.6 Å². The van der Waals surface area contributed by atoms with E-state index in [9.17, 15) is 18.0 Å². The molecule has 2 aromatic rings. The van der Waals surface area contributed by atoms with Crippen molar-refractivity contribution in [2.75, 3.05) is 24.4 Å². The lowest BCUT2D eigenvalue weighted by atomic mass is 10.1. The smallest absolute Gasteiger partial charge is 0.261 e. The molecule has 160 valence electrons. The molecule has 1 aliphatic rings. The number of piperidine rings is 1. The fourth-order valence-electron chi connectivity index (χ4n) is 3.24. The van der Waals surface area contributed by atoms with Crippen LogP contribution in [0, 0.1) is 0 Å². The van der Waals surface area contributed by atoms with Crippen molar-refractivity contribution in [2.45, 2.75) is 30.6 Å². The monoisotopic (exact) mass is 449 g/mol. The molecule has 0 spiro atoms. The first-order chi connectivity index (χ1) is 14.4. The maximum atomic E-state index is 12.7. The fraction of sp³-hybridized carbons (Fsp3) is 0.333. The molecule has 0 radical (unpaired) electrons. The standard InChI is InChI=1S/C21H24ClN3O4S/c22-18-9-2-3-10-19(18)24-30(28,29)17-8-6-7-16(15-17)21(27)23-12-11-20(26)25-13-4-1-5-14-25/h2-3,6-10,15,24H,1,4-5,11-14H2,(H,23,27). The van der Waals surface area contributed by atoms with Crippen molar-refractivity contribution in [3.63, 3.8) is 0 Å². The first-order valence-corrected chi connectivity index (χ1v) is 11.7. The van der Waals surface area contributed by atoms with E-state index in [0.717, 1.165) is 32.4 Å². The molecule has 0 unspecified atom stereocenters. The van der Waals surface area contributed by atoms with Gasteiger partial charge < -0.3 is 10.2 Å². The Morgan fingerprint density at radius 1 is 1.00 bits per heavy atom. The lowest BCUT2D eigenvalue weighted by Gasteiger charge is -2.26. The highest BCUT2D eigenvalue weighted by atomic mass is 35.5. The Bertz CT molecular complexity index is 1020. The highest BCUT2D eigenvalue weighted by Gasteiger charge is 2.19. The van der Waals surface area contributed by atoms with Crippen LogP contribution in [-0.2, 0) is 14.8 Å². The molecule has 0 saturated carbocycles. The van der Waals surface area contributed by atoms with Crippen LogP contribution in [0.3, 0.4) is 0 Å². The highest BCUT2D eigenvalue weighted by molar-refractivity contribution is 7.92. The number of nitrogens with one attached hydrogen (secondary N) is 2. The van der Waals surface area contributed by atoms with E-state index in [2.05, 4.69) is 10.0 Å². The Labute approximate surface area is 181 Å². The minimum atomic E-state index is -3.92. The number of sulfonamides is 1. The van der Waals surface area contributed by atoms with Gasteiger partial charge in [0.1, 0.15) is 0 Å². The number of carbonyl (C=O) groups excluding carboxylic acids is 2.